The minimum Gasteiger partial charge on any atom is -0.338 e. The molecule has 0 N–H and O–H groups in total. The number of hydrogen-bond donors (Lipinski definition) is 0. The predicted molar refractivity (Wildman–Crippen MR) is 136 cm³/mol. The average Bonchev–Trinajstić information content (AvgIpc) is 3.21. The second-order valence-electron chi connectivity index (χ2n) is 10.1. The minimum absolute atomic E-state index is 0.0873. The van der Waals surface area contributed by atoms with Crippen molar-refractivity contribution in [3.05, 3.63) is 107 Å². The summed E-state index contributed by atoms with van der Waals surface area (Å²) in [6.45, 7) is 10.5. The van der Waals surface area contributed by atoms with Crippen LogP contribution in [0.1, 0.15) is 46.8 Å². The van der Waals surface area contributed by atoms with Gasteiger partial charge in [0, 0.05) is 44.2 Å². The monoisotopic (exact) mass is 458 g/mol. The van der Waals surface area contributed by atoms with E-state index in [1.165, 1.54) is 11.1 Å². The fraction of sp³-hybridized carbons (Fsp3) is 0.367. The van der Waals surface area contributed by atoms with Gasteiger partial charge in [0.15, 0.2) is 0 Å². The van der Waals surface area contributed by atoms with Crippen molar-refractivity contribution in [2.75, 3.05) is 26.2 Å². The van der Waals surface area contributed by atoms with Crippen LogP contribution in [0.25, 0.3) is 0 Å². The normalized spacial score (nSPS) is 18.4. The second kappa shape index (κ2) is 11.0. The summed E-state index contributed by atoms with van der Waals surface area (Å²) in [6.07, 6.45) is 0. The minimum atomic E-state index is -0.212. The Morgan fingerprint density at radius 1 is 1.00 bits per heavy atom. The molecule has 1 aliphatic heterocycles. The van der Waals surface area contributed by atoms with Crippen LogP contribution in [0.3, 0.4) is 0 Å². The lowest BCUT2D eigenvalue weighted by Crippen LogP contribution is -2.39. The molecule has 4 heteroatoms. The molecule has 0 bridgehead atoms. The van der Waals surface area contributed by atoms with Gasteiger partial charge in [0.2, 0.25) is 0 Å². The van der Waals surface area contributed by atoms with Crippen LogP contribution in [0.5, 0.6) is 0 Å². The predicted octanol–water partition coefficient (Wildman–Crippen LogP) is 6.15. The van der Waals surface area contributed by atoms with E-state index in [1.807, 2.05) is 47.4 Å². The quantitative estimate of drug-likeness (QED) is 0.404. The molecule has 0 saturated carbocycles. The first kappa shape index (κ1) is 24.2. The Kier molecular flexibility index (Phi) is 7.79. The molecule has 1 heterocycles. The Balaban J connectivity index is 1.58. The zero-order chi connectivity index (χ0) is 24.1. The van der Waals surface area contributed by atoms with Gasteiger partial charge in [-0.1, -0.05) is 74.0 Å². The molecule has 0 aliphatic carbocycles. The van der Waals surface area contributed by atoms with Gasteiger partial charge < -0.3 is 4.90 Å². The molecule has 3 nitrogen and oxygen atoms in total. The Bertz CT molecular complexity index is 1080. The lowest BCUT2D eigenvalue weighted by Gasteiger charge is -2.30. The number of carbonyl (C=O) groups is 1. The van der Waals surface area contributed by atoms with Crippen LogP contribution in [0.4, 0.5) is 4.39 Å². The third kappa shape index (κ3) is 6.12. The number of rotatable bonds is 8. The molecule has 34 heavy (non-hydrogen) atoms. The van der Waals surface area contributed by atoms with Gasteiger partial charge in [-0.25, -0.2) is 4.39 Å². The Morgan fingerprint density at radius 3 is 2.41 bits per heavy atom. The first-order valence-electron chi connectivity index (χ1n) is 12.3. The number of amides is 1. The van der Waals surface area contributed by atoms with Crippen molar-refractivity contribution in [2.45, 2.75) is 33.2 Å². The largest absolute Gasteiger partial charge is 0.338 e. The van der Waals surface area contributed by atoms with E-state index in [2.05, 4.69) is 49.9 Å². The number of hydrogen-bond acceptors (Lipinski definition) is 2. The van der Waals surface area contributed by atoms with Gasteiger partial charge in [0.05, 0.1) is 0 Å². The molecule has 1 amide bonds. The van der Waals surface area contributed by atoms with Crippen molar-refractivity contribution in [3.63, 3.8) is 0 Å². The maximum atomic E-state index is 13.7. The summed E-state index contributed by atoms with van der Waals surface area (Å²) in [4.78, 5) is 17.9. The van der Waals surface area contributed by atoms with E-state index in [1.54, 1.807) is 12.1 Å². The van der Waals surface area contributed by atoms with Gasteiger partial charge in [-0.2, -0.15) is 0 Å². The molecule has 0 radical (unpaired) electrons. The second-order valence-corrected chi connectivity index (χ2v) is 10.1. The molecule has 0 spiro atoms. The van der Waals surface area contributed by atoms with Gasteiger partial charge in [0.25, 0.3) is 5.91 Å². The molecule has 0 unspecified atom stereocenters. The molecule has 4 rings (SSSR count). The van der Waals surface area contributed by atoms with E-state index in [9.17, 15) is 9.18 Å². The molecule has 0 aromatic heterocycles. The van der Waals surface area contributed by atoms with E-state index in [-0.39, 0.29) is 23.6 Å². The van der Waals surface area contributed by atoms with E-state index < -0.39 is 0 Å². The summed E-state index contributed by atoms with van der Waals surface area (Å²) in [7, 11) is 0. The smallest absolute Gasteiger partial charge is 0.253 e. The first-order chi connectivity index (χ1) is 16.4. The van der Waals surface area contributed by atoms with Crippen LogP contribution in [0, 0.1) is 24.6 Å². The maximum absolute atomic E-state index is 13.7. The van der Waals surface area contributed by atoms with E-state index in [4.69, 9.17) is 0 Å². The number of carbonyl (C=O) groups excluding carboxylic acids is 1. The van der Waals surface area contributed by atoms with Crippen molar-refractivity contribution >= 4 is 5.91 Å². The van der Waals surface area contributed by atoms with Crippen molar-refractivity contribution in [1.82, 2.24) is 9.80 Å². The van der Waals surface area contributed by atoms with Crippen molar-refractivity contribution in [1.29, 1.82) is 0 Å². The molecular formula is C30H35FN2O. The lowest BCUT2D eigenvalue weighted by molar-refractivity contribution is 0.0703. The highest BCUT2D eigenvalue weighted by molar-refractivity contribution is 5.94. The number of nitrogens with zero attached hydrogens (tertiary/aromatic N) is 2. The van der Waals surface area contributed by atoms with Gasteiger partial charge in [-0.05, 0) is 54.2 Å². The summed E-state index contributed by atoms with van der Waals surface area (Å²) in [5.41, 5.74) is 4.45. The van der Waals surface area contributed by atoms with Gasteiger partial charge in [0.1, 0.15) is 5.82 Å². The van der Waals surface area contributed by atoms with Gasteiger partial charge in [-0.15, -0.1) is 0 Å². The topological polar surface area (TPSA) is 23.6 Å². The van der Waals surface area contributed by atoms with Gasteiger partial charge in [-0.3, -0.25) is 9.69 Å². The molecule has 3 aromatic carbocycles. The van der Waals surface area contributed by atoms with Crippen LogP contribution < -0.4 is 0 Å². The molecule has 178 valence electrons. The molecule has 3 aromatic rings. The number of benzene rings is 3. The third-order valence-corrected chi connectivity index (χ3v) is 6.65. The van der Waals surface area contributed by atoms with Gasteiger partial charge >= 0.3 is 0 Å². The summed E-state index contributed by atoms with van der Waals surface area (Å²) < 4.78 is 13.7. The van der Waals surface area contributed by atoms with Crippen LogP contribution in [-0.2, 0) is 6.54 Å². The highest BCUT2D eigenvalue weighted by Crippen LogP contribution is 2.35. The van der Waals surface area contributed by atoms with Crippen LogP contribution in [-0.4, -0.2) is 41.9 Å². The van der Waals surface area contributed by atoms with Crippen LogP contribution >= 0.6 is 0 Å². The molecule has 1 fully saturated rings. The summed E-state index contributed by atoms with van der Waals surface area (Å²) in [5.74, 6) is 0.784. The summed E-state index contributed by atoms with van der Waals surface area (Å²) >= 11 is 0. The number of likely N-dealkylation sites (tertiary alicyclic amines) is 1. The zero-order valence-electron chi connectivity index (χ0n) is 20.5. The molecule has 1 saturated heterocycles. The summed E-state index contributed by atoms with van der Waals surface area (Å²) in [5, 5.41) is 0. The van der Waals surface area contributed by atoms with Crippen molar-refractivity contribution < 1.29 is 9.18 Å². The zero-order valence-corrected chi connectivity index (χ0v) is 20.5. The van der Waals surface area contributed by atoms with Crippen LogP contribution in [0.15, 0.2) is 78.9 Å². The third-order valence-electron chi connectivity index (χ3n) is 6.65. The average molecular weight is 459 g/mol. The standard InChI is InChI=1S/C30H35FN2O/c1-22(2)17-33(30(34)26-10-5-4-6-11-26)20-27-19-32(18-24-9-7-8-23(3)16-24)21-29(27)25-12-14-28(31)15-13-25/h4-16,22,27,29H,17-21H2,1-3H3/t27-,29-/m0/s1. The highest BCUT2D eigenvalue weighted by atomic mass is 19.1. The van der Waals surface area contributed by atoms with Crippen molar-refractivity contribution in [2.24, 2.45) is 11.8 Å². The number of aryl methyl sites for hydroxylation is 1. The Hall–Kier alpha value is -2.98. The Labute approximate surface area is 203 Å². The fourth-order valence-electron chi connectivity index (χ4n) is 5.16. The SMILES string of the molecule is Cc1cccc(CN2C[C@@H](CN(CC(C)C)C(=O)c3ccccc3)[C@H](c3ccc(F)cc3)C2)c1. The van der Waals surface area contributed by atoms with Crippen molar-refractivity contribution in [3.8, 4) is 0 Å². The maximum Gasteiger partial charge on any atom is 0.253 e. The number of halogens is 1. The highest BCUT2D eigenvalue weighted by Gasteiger charge is 2.36. The van der Waals surface area contributed by atoms with E-state index >= 15 is 0 Å². The Morgan fingerprint density at radius 2 is 1.74 bits per heavy atom. The molecule has 2 atom stereocenters. The first-order valence-corrected chi connectivity index (χ1v) is 12.3. The summed E-state index contributed by atoms with van der Waals surface area (Å²) in [6, 6.07) is 25.1. The fourth-order valence-corrected chi connectivity index (χ4v) is 5.16. The molecular weight excluding hydrogens is 423 g/mol. The lowest BCUT2D eigenvalue weighted by atomic mass is 9.88. The van der Waals surface area contributed by atoms with E-state index in [0.717, 1.165) is 37.3 Å². The van der Waals surface area contributed by atoms with E-state index in [0.29, 0.717) is 12.5 Å². The molecule has 1 aliphatic rings. The van der Waals surface area contributed by atoms with Crippen LogP contribution in [0.2, 0.25) is 0 Å².